The summed E-state index contributed by atoms with van der Waals surface area (Å²) in [6.07, 6.45) is 0. The molecule has 0 atom stereocenters. The number of nitrogens with zero attached hydrogens (tertiary/aromatic N) is 5. The summed E-state index contributed by atoms with van der Waals surface area (Å²) < 4.78 is 27.4. The number of rotatable bonds is 5. The third-order valence-corrected chi connectivity index (χ3v) is 6.54. The van der Waals surface area contributed by atoms with Gasteiger partial charge in [-0.2, -0.15) is 14.4 Å². The second-order valence-corrected chi connectivity index (χ2v) is 8.25. The minimum absolute atomic E-state index is 0.284. The van der Waals surface area contributed by atoms with E-state index in [0.717, 1.165) is 18.1 Å². The van der Waals surface area contributed by atoms with Crippen LogP contribution < -0.4 is 10.2 Å². The van der Waals surface area contributed by atoms with Crippen LogP contribution >= 0.6 is 0 Å². The molecule has 1 fully saturated rings. The highest BCUT2D eigenvalue weighted by Gasteiger charge is 2.32. The number of hydrogen-bond acceptors (Lipinski definition) is 7. The van der Waals surface area contributed by atoms with Gasteiger partial charge in [0.25, 0.3) is 0 Å². The highest BCUT2D eigenvalue weighted by molar-refractivity contribution is 7.89. The Morgan fingerprint density at radius 3 is 2.42 bits per heavy atom. The summed E-state index contributed by atoms with van der Waals surface area (Å²) in [6.45, 7) is 10.0. The van der Waals surface area contributed by atoms with Crippen LogP contribution in [0.1, 0.15) is 24.0 Å². The van der Waals surface area contributed by atoms with Crippen LogP contribution in [0.2, 0.25) is 0 Å². The molecule has 1 saturated heterocycles. The van der Waals surface area contributed by atoms with Crippen molar-refractivity contribution in [3.05, 3.63) is 23.1 Å². The van der Waals surface area contributed by atoms with Crippen LogP contribution in [-0.4, -0.2) is 65.6 Å². The molecular formula is C16H25N7O2S. The Morgan fingerprint density at radius 2 is 1.85 bits per heavy atom. The number of anilines is 2. The zero-order valence-electron chi connectivity index (χ0n) is 15.6. The Labute approximate surface area is 153 Å². The van der Waals surface area contributed by atoms with E-state index in [4.69, 9.17) is 0 Å². The topological polar surface area (TPSA) is 107 Å². The third kappa shape index (κ3) is 3.51. The molecule has 0 radical (unpaired) electrons. The van der Waals surface area contributed by atoms with E-state index in [1.165, 1.54) is 4.31 Å². The lowest BCUT2D eigenvalue weighted by atomic mass is 10.3. The van der Waals surface area contributed by atoms with Gasteiger partial charge in [0.05, 0.1) is 11.4 Å². The summed E-state index contributed by atoms with van der Waals surface area (Å²) in [4.78, 5) is 11.3. The van der Waals surface area contributed by atoms with Gasteiger partial charge in [-0.1, -0.05) is 0 Å². The Kier molecular flexibility index (Phi) is 5.15. The molecular weight excluding hydrogens is 354 g/mol. The molecule has 0 spiro atoms. The van der Waals surface area contributed by atoms with Crippen LogP contribution in [0.4, 0.5) is 11.8 Å². The number of nitrogens with one attached hydrogen (secondary N) is 2. The van der Waals surface area contributed by atoms with Gasteiger partial charge in [0, 0.05) is 44.5 Å². The molecule has 2 N–H and O–H groups in total. The molecule has 3 rings (SSSR count). The molecule has 26 heavy (non-hydrogen) atoms. The fraction of sp³-hybridized carbons (Fsp3) is 0.562. The first-order valence-corrected chi connectivity index (χ1v) is 10.1. The monoisotopic (exact) mass is 379 g/mol. The van der Waals surface area contributed by atoms with E-state index in [0.29, 0.717) is 43.5 Å². The van der Waals surface area contributed by atoms with E-state index in [-0.39, 0.29) is 4.90 Å². The quantitative estimate of drug-likeness (QED) is 0.800. The summed E-state index contributed by atoms with van der Waals surface area (Å²) in [6, 6.07) is 1.90. The van der Waals surface area contributed by atoms with Gasteiger partial charge in [-0.15, -0.1) is 0 Å². The standard InChI is InChI=1S/C16H25N7O2S/c1-5-17-14-10-11(2)18-16(19-14)22-6-8-23(9-7-22)26(24,25)15-12(3)20-21-13(15)4/h10H,5-9H2,1-4H3,(H,20,21)(H,17,18,19). The molecule has 1 aliphatic rings. The summed E-state index contributed by atoms with van der Waals surface area (Å²) in [5.74, 6) is 1.42. The zero-order valence-corrected chi connectivity index (χ0v) is 16.4. The first-order valence-electron chi connectivity index (χ1n) is 8.69. The van der Waals surface area contributed by atoms with Crippen molar-refractivity contribution >= 4 is 21.8 Å². The number of H-pyrrole nitrogens is 1. The smallest absolute Gasteiger partial charge is 0.246 e. The molecule has 0 saturated carbocycles. The van der Waals surface area contributed by atoms with E-state index in [1.807, 2.05) is 24.8 Å². The van der Waals surface area contributed by atoms with Crippen LogP contribution in [0, 0.1) is 20.8 Å². The predicted octanol–water partition coefficient (Wildman–Crippen LogP) is 1.07. The van der Waals surface area contributed by atoms with Crippen LogP contribution in [0.5, 0.6) is 0 Å². The fourth-order valence-corrected chi connectivity index (χ4v) is 4.90. The van der Waals surface area contributed by atoms with Gasteiger partial charge in [-0.05, 0) is 27.7 Å². The second kappa shape index (κ2) is 7.20. The lowest BCUT2D eigenvalue weighted by Crippen LogP contribution is -2.49. The summed E-state index contributed by atoms with van der Waals surface area (Å²) in [7, 11) is -3.55. The number of aromatic amines is 1. The Balaban J connectivity index is 1.75. The van der Waals surface area contributed by atoms with Crippen molar-refractivity contribution in [3.8, 4) is 0 Å². The van der Waals surface area contributed by atoms with Gasteiger partial charge in [-0.3, -0.25) is 5.10 Å². The maximum absolute atomic E-state index is 12.9. The molecule has 1 aliphatic heterocycles. The second-order valence-electron chi connectivity index (χ2n) is 6.38. The highest BCUT2D eigenvalue weighted by atomic mass is 32.2. The van der Waals surface area contributed by atoms with E-state index in [9.17, 15) is 8.42 Å². The first kappa shape index (κ1) is 18.6. The maximum Gasteiger partial charge on any atom is 0.246 e. The Bertz CT molecular complexity index is 866. The van der Waals surface area contributed by atoms with Gasteiger partial charge in [0.2, 0.25) is 16.0 Å². The number of aryl methyl sites for hydroxylation is 3. The number of aromatic nitrogens is 4. The minimum atomic E-state index is -3.55. The molecule has 0 unspecified atom stereocenters. The van der Waals surface area contributed by atoms with E-state index < -0.39 is 10.0 Å². The fourth-order valence-electron chi connectivity index (χ4n) is 3.14. The first-order chi connectivity index (χ1) is 12.3. The Morgan fingerprint density at radius 1 is 1.15 bits per heavy atom. The van der Waals surface area contributed by atoms with Crippen molar-refractivity contribution < 1.29 is 8.42 Å². The van der Waals surface area contributed by atoms with Crippen molar-refractivity contribution in [2.75, 3.05) is 42.9 Å². The van der Waals surface area contributed by atoms with Crippen molar-refractivity contribution in [2.45, 2.75) is 32.6 Å². The van der Waals surface area contributed by atoms with Gasteiger partial charge >= 0.3 is 0 Å². The molecule has 0 amide bonds. The van der Waals surface area contributed by atoms with Gasteiger partial charge in [0.15, 0.2) is 0 Å². The van der Waals surface area contributed by atoms with Crippen LogP contribution in [0.25, 0.3) is 0 Å². The summed E-state index contributed by atoms with van der Waals surface area (Å²) in [5.41, 5.74) is 1.95. The zero-order chi connectivity index (χ0) is 18.9. The van der Waals surface area contributed by atoms with Gasteiger partial charge < -0.3 is 10.2 Å². The highest BCUT2D eigenvalue weighted by Crippen LogP contribution is 2.24. The Hall–Kier alpha value is -2.20. The lowest BCUT2D eigenvalue weighted by molar-refractivity contribution is 0.382. The predicted molar refractivity (Wildman–Crippen MR) is 100.0 cm³/mol. The molecule has 3 heterocycles. The molecule has 9 nitrogen and oxygen atoms in total. The number of piperazine rings is 1. The van der Waals surface area contributed by atoms with Crippen molar-refractivity contribution in [1.82, 2.24) is 24.5 Å². The van der Waals surface area contributed by atoms with Gasteiger partial charge in [-0.25, -0.2) is 13.4 Å². The molecule has 142 valence electrons. The molecule has 0 aromatic carbocycles. The SMILES string of the molecule is CCNc1cc(C)nc(N2CCN(S(=O)(=O)c3c(C)n[nH]c3C)CC2)n1. The molecule has 2 aromatic heterocycles. The average Bonchev–Trinajstić information content (AvgIpc) is 2.94. The van der Waals surface area contributed by atoms with Gasteiger partial charge in [0.1, 0.15) is 10.7 Å². The summed E-state index contributed by atoms with van der Waals surface area (Å²) >= 11 is 0. The van der Waals surface area contributed by atoms with Crippen molar-refractivity contribution in [2.24, 2.45) is 0 Å². The molecule has 10 heteroatoms. The minimum Gasteiger partial charge on any atom is -0.370 e. The lowest BCUT2D eigenvalue weighted by Gasteiger charge is -2.34. The van der Waals surface area contributed by atoms with E-state index in [1.54, 1.807) is 13.8 Å². The van der Waals surface area contributed by atoms with E-state index in [2.05, 4.69) is 25.5 Å². The van der Waals surface area contributed by atoms with Crippen LogP contribution in [0.3, 0.4) is 0 Å². The number of sulfonamides is 1. The molecule has 0 aliphatic carbocycles. The largest absolute Gasteiger partial charge is 0.370 e. The normalized spacial score (nSPS) is 16.1. The molecule has 2 aromatic rings. The third-order valence-electron chi connectivity index (χ3n) is 4.38. The summed E-state index contributed by atoms with van der Waals surface area (Å²) in [5, 5.41) is 9.95. The van der Waals surface area contributed by atoms with E-state index >= 15 is 0 Å². The number of hydrogen-bond donors (Lipinski definition) is 2. The van der Waals surface area contributed by atoms with Crippen LogP contribution in [-0.2, 0) is 10.0 Å². The maximum atomic E-state index is 12.9. The average molecular weight is 379 g/mol. The van der Waals surface area contributed by atoms with Crippen LogP contribution in [0.15, 0.2) is 11.0 Å². The van der Waals surface area contributed by atoms with Crippen molar-refractivity contribution in [3.63, 3.8) is 0 Å². The van der Waals surface area contributed by atoms with Crippen molar-refractivity contribution in [1.29, 1.82) is 0 Å². The molecule has 0 bridgehead atoms.